The Labute approximate surface area is 163 Å². The smallest absolute Gasteiger partial charge is 0.267 e. The minimum Gasteiger partial charge on any atom is -0.494 e. The van der Waals surface area contributed by atoms with Crippen molar-refractivity contribution >= 4 is 5.91 Å². The molecule has 1 amide bonds. The molecule has 0 bridgehead atoms. The first-order chi connectivity index (χ1) is 13.6. The van der Waals surface area contributed by atoms with E-state index in [1.54, 1.807) is 6.07 Å². The van der Waals surface area contributed by atoms with Crippen LogP contribution in [0.15, 0.2) is 71.5 Å². The number of benzene rings is 2. The van der Waals surface area contributed by atoms with E-state index in [2.05, 4.69) is 10.4 Å². The fraction of sp³-hybridized carbons (Fsp3) is 0.227. The Morgan fingerprint density at radius 2 is 1.89 bits per heavy atom. The maximum absolute atomic E-state index is 12.5. The summed E-state index contributed by atoms with van der Waals surface area (Å²) in [6.07, 6.45) is 0. The molecule has 6 heteroatoms. The lowest BCUT2D eigenvalue weighted by Gasteiger charge is -2.16. The standard InChI is InChI=1S/C22H23N3O3/c1-3-28-19-11-7-10-18(14-19)16(2)23-21(26)15-25-22(27)13-12-20(24-25)17-8-5-4-6-9-17/h4-14,16H,3,15H2,1-2H3,(H,23,26)/t16-/m0/s1. The number of nitrogens with one attached hydrogen (secondary N) is 1. The highest BCUT2D eigenvalue weighted by Crippen LogP contribution is 2.19. The monoisotopic (exact) mass is 377 g/mol. The number of amides is 1. The van der Waals surface area contributed by atoms with Crippen LogP contribution in [0.4, 0.5) is 0 Å². The fourth-order valence-electron chi connectivity index (χ4n) is 2.87. The van der Waals surface area contributed by atoms with Crippen molar-refractivity contribution in [1.82, 2.24) is 15.1 Å². The summed E-state index contributed by atoms with van der Waals surface area (Å²) in [6.45, 7) is 4.25. The van der Waals surface area contributed by atoms with Crippen molar-refractivity contribution in [2.24, 2.45) is 0 Å². The first kappa shape index (κ1) is 19.4. The van der Waals surface area contributed by atoms with E-state index in [9.17, 15) is 9.59 Å². The molecule has 0 aliphatic carbocycles. The average molecular weight is 377 g/mol. The fourth-order valence-corrected chi connectivity index (χ4v) is 2.87. The van der Waals surface area contributed by atoms with E-state index >= 15 is 0 Å². The van der Waals surface area contributed by atoms with Crippen LogP contribution >= 0.6 is 0 Å². The first-order valence-corrected chi connectivity index (χ1v) is 9.22. The van der Waals surface area contributed by atoms with Gasteiger partial charge < -0.3 is 10.1 Å². The van der Waals surface area contributed by atoms with Crippen molar-refractivity contribution in [3.63, 3.8) is 0 Å². The highest BCUT2D eigenvalue weighted by molar-refractivity contribution is 5.76. The minimum atomic E-state index is -0.319. The Morgan fingerprint density at radius 3 is 2.64 bits per heavy atom. The third kappa shape index (κ3) is 4.85. The van der Waals surface area contributed by atoms with Gasteiger partial charge >= 0.3 is 0 Å². The van der Waals surface area contributed by atoms with Crippen LogP contribution in [0, 0.1) is 0 Å². The molecule has 1 heterocycles. The van der Waals surface area contributed by atoms with Crippen LogP contribution in [0.25, 0.3) is 11.3 Å². The zero-order valence-corrected chi connectivity index (χ0v) is 16.0. The van der Waals surface area contributed by atoms with Gasteiger partial charge in [-0.25, -0.2) is 4.68 Å². The van der Waals surface area contributed by atoms with Crippen LogP contribution in [0.1, 0.15) is 25.5 Å². The molecule has 6 nitrogen and oxygen atoms in total. The van der Waals surface area contributed by atoms with Crippen LogP contribution in [-0.4, -0.2) is 22.3 Å². The van der Waals surface area contributed by atoms with E-state index in [0.29, 0.717) is 12.3 Å². The van der Waals surface area contributed by atoms with Gasteiger partial charge in [-0.15, -0.1) is 0 Å². The SMILES string of the molecule is CCOc1cccc([C@H](C)NC(=O)Cn2nc(-c3ccccc3)ccc2=O)c1. The number of carbonyl (C=O) groups excluding carboxylic acids is 1. The number of hydrogen-bond acceptors (Lipinski definition) is 4. The van der Waals surface area contributed by atoms with Gasteiger partial charge in [-0.05, 0) is 37.6 Å². The van der Waals surface area contributed by atoms with Crippen LogP contribution in [0.5, 0.6) is 5.75 Å². The summed E-state index contributed by atoms with van der Waals surface area (Å²) < 4.78 is 6.68. The molecule has 1 atom stereocenters. The van der Waals surface area contributed by atoms with Gasteiger partial charge in [0.15, 0.2) is 0 Å². The number of rotatable bonds is 7. The van der Waals surface area contributed by atoms with Gasteiger partial charge in [0.1, 0.15) is 12.3 Å². The summed E-state index contributed by atoms with van der Waals surface area (Å²) in [7, 11) is 0. The molecule has 0 saturated carbocycles. The molecule has 0 aliphatic heterocycles. The second kappa shape index (κ2) is 8.99. The lowest BCUT2D eigenvalue weighted by Crippen LogP contribution is -2.34. The summed E-state index contributed by atoms with van der Waals surface area (Å²) in [5.41, 5.74) is 2.14. The van der Waals surface area contributed by atoms with Gasteiger partial charge in [-0.1, -0.05) is 42.5 Å². The first-order valence-electron chi connectivity index (χ1n) is 9.22. The van der Waals surface area contributed by atoms with Crippen molar-refractivity contribution in [2.75, 3.05) is 6.61 Å². The summed E-state index contributed by atoms with van der Waals surface area (Å²) in [4.78, 5) is 24.6. The Balaban J connectivity index is 1.71. The molecule has 144 valence electrons. The Morgan fingerprint density at radius 1 is 1.11 bits per heavy atom. The quantitative estimate of drug-likeness (QED) is 0.686. The maximum Gasteiger partial charge on any atom is 0.267 e. The molecule has 1 aromatic heterocycles. The predicted molar refractivity (Wildman–Crippen MR) is 108 cm³/mol. The molecule has 0 unspecified atom stereocenters. The summed E-state index contributed by atoms with van der Waals surface area (Å²) in [5, 5.41) is 7.23. The Bertz CT molecular complexity index is 999. The van der Waals surface area contributed by atoms with E-state index in [1.165, 1.54) is 10.7 Å². The highest BCUT2D eigenvalue weighted by atomic mass is 16.5. The molecule has 3 rings (SSSR count). The van der Waals surface area contributed by atoms with Gasteiger partial charge in [0.25, 0.3) is 5.56 Å². The van der Waals surface area contributed by atoms with Crippen LogP contribution in [0.3, 0.4) is 0 Å². The molecule has 0 spiro atoms. The van der Waals surface area contributed by atoms with Gasteiger partial charge in [-0.3, -0.25) is 9.59 Å². The highest BCUT2D eigenvalue weighted by Gasteiger charge is 2.13. The van der Waals surface area contributed by atoms with Crippen LogP contribution < -0.4 is 15.6 Å². The van der Waals surface area contributed by atoms with E-state index in [4.69, 9.17) is 4.74 Å². The molecule has 2 aromatic carbocycles. The largest absolute Gasteiger partial charge is 0.494 e. The molecule has 0 fully saturated rings. The third-order valence-electron chi connectivity index (χ3n) is 4.28. The second-order valence-corrected chi connectivity index (χ2v) is 6.38. The topological polar surface area (TPSA) is 73.2 Å². The zero-order valence-electron chi connectivity index (χ0n) is 16.0. The molecule has 0 saturated heterocycles. The Kier molecular flexibility index (Phi) is 6.22. The minimum absolute atomic E-state index is 0.144. The average Bonchev–Trinajstić information content (AvgIpc) is 2.71. The molecule has 1 N–H and O–H groups in total. The van der Waals surface area contributed by atoms with Crippen molar-refractivity contribution < 1.29 is 9.53 Å². The number of carbonyl (C=O) groups is 1. The summed E-state index contributed by atoms with van der Waals surface area (Å²) >= 11 is 0. The van der Waals surface area contributed by atoms with E-state index < -0.39 is 0 Å². The molecule has 3 aromatic rings. The normalized spacial score (nSPS) is 11.6. The lowest BCUT2D eigenvalue weighted by molar-refractivity contribution is -0.122. The predicted octanol–water partition coefficient (Wildman–Crippen LogP) is 3.19. The molecule has 0 radical (unpaired) electrons. The van der Waals surface area contributed by atoms with Gasteiger partial charge in [0, 0.05) is 11.6 Å². The number of aromatic nitrogens is 2. The molecular weight excluding hydrogens is 354 g/mol. The van der Waals surface area contributed by atoms with E-state index in [1.807, 2.05) is 68.4 Å². The summed E-state index contributed by atoms with van der Waals surface area (Å²) in [5.74, 6) is 0.476. The van der Waals surface area contributed by atoms with Crippen LogP contribution in [-0.2, 0) is 11.3 Å². The van der Waals surface area contributed by atoms with Gasteiger partial charge in [0.2, 0.25) is 5.91 Å². The molecule has 0 aliphatic rings. The van der Waals surface area contributed by atoms with Crippen molar-refractivity contribution in [3.05, 3.63) is 82.6 Å². The van der Waals surface area contributed by atoms with Crippen molar-refractivity contribution in [2.45, 2.75) is 26.4 Å². The van der Waals surface area contributed by atoms with Crippen molar-refractivity contribution in [1.29, 1.82) is 0 Å². The van der Waals surface area contributed by atoms with E-state index in [0.717, 1.165) is 16.9 Å². The number of nitrogens with zero attached hydrogens (tertiary/aromatic N) is 2. The Hall–Kier alpha value is -3.41. The maximum atomic E-state index is 12.5. The zero-order chi connectivity index (χ0) is 19.9. The van der Waals surface area contributed by atoms with Crippen LogP contribution in [0.2, 0.25) is 0 Å². The second-order valence-electron chi connectivity index (χ2n) is 6.38. The summed E-state index contributed by atoms with van der Waals surface area (Å²) in [6, 6.07) is 20.0. The van der Waals surface area contributed by atoms with Gasteiger partial charge in [0.05, 0.1) is 18.3 Å². The third-order valence-corrected chi connectivity index (χ3v) is 4.28. The van der Waals surface area contributed by atoms with Crippen molar-refractivity contribution in [3.8, 4) is 17.0 Å². The van der Waals surface area contributed by atoms with Gasteiger partial charge in [-0.2, -0.15) is 5.10 Å². The molecule has 28 heavy (non-hydrogen) atoms. The molecular formula is C22H23N3O3. The van der Waals surface area contributed by atoms with E-state index in [-0.39, 0.29) is 24.1 Å². The number of hydrogen-bond donors (Lipinski definition) is 1. The number of ether oxygens (including phenoxy) is 1. The lowest BCUT2D eigenvalue weighted by atomic mass is 10.1.